The number of phosphoric acid groups is 1. The first kappa shape index (κ1) is 17.3. The van der Waals surface area contributed by atoms with Crippen molar-refractivity contribution in [2.45, 2.75) is 13.2 Å². The van der Waals surface area contributed by atoms with Crippen LogP contribution in [0.2, 0.25) is 0 Å². The van der Waals surface area contributed by atoms with Gasteiger partial charge in [-0.1, -0.05) is 6.58 Å². The van der Waals surface area contributed by atoms with Crippen molar-refractivity contribution in [2.75, 3.05) is 34.3 Å². The second kappa shape index (κ2) is 7.01. The number of quaternary nitrogens is 1. The monoisotopic (exact) mass is 281 g/mol. The van der Waals surface area contributed by atoms with Crippen molar-refractivity contribution in [1.82, 2.24) is 0 Å². The molecule has 0 N–H and O–H groups in total. The van der Waals surface area contributed by atoms with Crippen LogP contribution in [0.25, 0.3) is 0 Å². The van der Waals surface area contributed by atoms with E-state index in [9.17, 15) is 14.3 Å². The number of carbonyl (C=O) groups excluding carboxylic acids is 1. The van der Waals surface area contributed by atoms with Gasteiger partial charge >= 0.3 is 5.97 Å². The molecule has 0 aliphatic heterocycles. The zero-order chi connectivity index (χ0) is 14.4. The first-order valence-electron chi connectivity index (χ1n) is 5.37. The number of phosphoric ester groups is 1. The molecule has 0 spiro atoms. The van der Waals surface area contributed by atoms with Gasteiger partial charge in [0.1, 0.15) is 6.54 Å². The molecule has 0 aromatic rings. The lowest BCUT2D eigenvalue weighted by molar-refractivity contribution is -0.875. The van der Waals surface area contributed by atoms with E-state index in [1.165, 1.54) is 6.92 Å². The van der Waals surface area contributed by atoms with E-state index in [1.54, 1.807) is 21.1 Å². The minimum absolute atomic E-state index is 0.0483. The summed E-state index contributed by atoms with van der Waals surface area (Å²) in [6.45, 7) is 4.85. The summed E-state index contributed by atoms with van der Waals surface area (Å²) in [5.74, 6) is -0.759. The maximum atomic E-state index is 11.4. The Morgan fingerprint density at radius 2 is 2.06 bits per heavy atom. The van der Waals surface area contributed by atoms with Gasteiger partial charge in [-0.2, -0.15) is 0 Å². The Kier molecular flexibility index (Phi) is 6.73. The third-order valence-electron chi connectivity index (χ3n) is 1.64. The molecular formula is C10H20NO6P. The van der Waals surface area contributed by atoms with E-state index < -0.39 is 20.1 Å². The van der Waals surface area contributed by atoms with Crippen LogP contribution in [0.15, 0.2) is 12.7 Å². The van der Waals surface area contributed by atoms with Gasteiger partial charge in [0.25, 0.3) is 14.1 Å². The van der Waals surface area contributed by atoms with Gasteiger partial charge in [0.05, 0.1) is 27.7 Å². The molecule has 0 saturated carbocycles. The van der Waals surface area contributed by atoms with Gasteiger partial charge in [0.2, 0.25) is 0 Å². The second-order valence-electron chi connectivity index (χ2n) is 4.51. The minimum Gasteiger partial charge on any atom is -0.756 e. The summed E-state index contributed by atoms with van der Waals surface area (Å²) < 4.78 is 25.7. The molecular weight excluding hydrogens is 261 g/mol. The summed E-state index contributed by atoms with van der Waals surface area (Å²) in [5.41, 5.74) is 0. The molecule has 0 bridgehead atoms. The Bertz CT molecular complexity index is 338. The van der Waals surface area contributed by atoms with Crippen LogP contribution in [-0.4, -0.2) is 51.0 Å². The summed E-state index contributed by atoms with van der Waals surface area (Å²) in [6.07, 6.45) is -0.312. The smallest absolute Gasteiger partial charge is 0.332 e. The Balaban J connectivity index is 4.71. The normalized spacial score (nSPS) is 16.7. The summed E-state index contributed by atoms with van der Waals surface area (Å²) in [7, 11) is 0.927. The fourth-order valence-corrected chi connectivity index (χ4v) is 1.82. The van der Waals surface area contributed by atoms with Gasteiger partial charge in [0, 0.05) is 6.08 Å². The zero-order valence-corrected chi connectivity index (χ0v) is 12.0. The molecule has 0 radical (unpaired) electrons. The highest BCUT2D eigenvalue weighted by molar-refractivity contribution is 7.45. The molecule has 0 aliphatic carbocycles. The topological polar surface area (TPSA) is 84.9 Å². The SMILES string of the molecule is C=CC(=O)OC(C[N+](C)(C)C)OP(=O)([O-])OCC. The van der Waals surface area contributed by atoms with Crippen LogP contribution in [0.1, 0.15) is 6.92 Å². The highest BCUT2D eigenvalue weighted by Crippen LogP contribution is 2.40. The van der Waals surface area contributed by atoms with E-state index in [0.717, 1.165) is 6.08 Å². The highest BCUT2D eigenvalue weighted by atomic mass is 31.2. The zero-order valence-electron chi connectivity index (χ0n) is 11.1. The molecule has 0 heterocycles. The van der Waals surface area contributed by atoms with Crippen molar-refractivity contribution >= 4 is 13.8 Å². The van der Waals surface area contributed by atoms with Crippen molar-refractivity contribution in [3.63, 3.8) is 0 Å². The van der Waals surface area contributed by atoms with Crippen LogP contribution in [0.5, 0.6) is 0 Å². The van der Waals surface area contributed by atoms with Crippen molar-refractivity contribution in [1.29, 1.82) is 0 Å². The molecule has 7 nitrogen and oxygen atoms in total. The predicted molar refractivity (Wildman–Crippen MR) is 63.3 cm³/mol. The lowest BCUT2D eigenvalue weighted by atomic mass is 10.5. The molecule has 0 aromatic heterocycles. The minimum atomic E-state index is -4.47. The summed E-state index contributed by atoms with van der Waals surface area (Å²) in [6, 6.07) is 0. The Labute approximate surface area is 107 Å². The number of esters is 1. The molecule has 106 valence electrons. The van der Waals surface area contributed by atoms with Crippen molar-refractivity contribution < 1.29 is 32.5 Å². The van der Waals surface area contributed by atoms with Crippen molar-refractivity contribution in [3.05, 3.63) is 12.7 Å². The molecule has 0 amide bonds. The van der Waals surface area contributed by atoms with Gasteiger partial charge in [-0.3, -0.25) is 9.09 Å². The molecule has 18 heavy (non-hydrogen) atoms. The molecule has 8 heteroatoms. The van der Waals surface area contributed by atoms with Crippen LogP contribution in [0.4, 0.5) is 0 Å². The number of hydrogen-bond donors (Lipinski definition) is 0. The predicted octanol–water partition coefficient (Wildman–Crippen LogP) is 0.269. The van der Waals surface area contributed by atoms with Crippen LogP contribution < -0.4 is 4.89 Å². The van der Waals surface area contributed by atoms with E-state index in [0.29, 0.717) is 4.48 Å². The van der Waals surface area contributed by atoms with Gasteiger partial charge < -0.3 is 18.6 Å². The average Bonchev–Trinajstić information content (AvgIpc) is 2.13. The largest absolute Gasteiger partial charge is 0.756 e. The molecule has 0 aromatic carbocycles. The summed E-state index contributed by atoms with van der Waals surface area (Å²) in [4.78, 5) is 22.4. The number of nitrogens with zero attached hydrogens (tertiary/aromatic N) is 1. The summed E-state index contributed by atoms with van der Waals surface area (Å²) >= 11 is 0. The average molecular weight is 281 g/mol. The molecule has 2 unspecified atom stereocenters. The first-order valence-corrected chi connectivity index (χ1v) is 6.83. The van der Waals surface area contributed by atoms with Crippen LogP contribution in [0, 0.1) is 0 Å². The number of carbonyl (C=O) groups is 1. The third kappa shape index (κ3) is 8.38. The van der Waals surface area contributed by atoms with Crippen molar-refractivity contribution in [2.24, 2.45) is 0 Å². The third-order valence-corrected chi connectivity index (χ3v) is 2.71. The van der Waals surface area contributed by atoms with E-state index in [4.69, 9.17) is 9.26 Å². The van der Waals surface area contributed by atoms with E-state index >= 15 is 0 Å². The van der Waals surface area contributed by atoms with Gasteiger partial charge in [-0.15, -0.1) is 0 Å². The highest BCUT2D eigenvalue weighted by Gasteiger charge is 2.26. The molecule has 0 rings (SSSR count). The second-order valence-corrected chi connectivity index (χ2v) is 5.88. The maximum Gasteiger partial charge on any atom is 0.332 e. The number of hydrogen-bond acceptors (Lipinski definition) is 6. The first-order chi connectivity index (χ1) is 8.09. The maximum absolute atomic E-state index is 11.4. The number of rotatable bonds is 8. The van der Waals surface area contributed by atoms with Crippen LogP contribution in [0.3, 0.4) is 0 Å². The van der Waals surface area contributed by atoms with Gasteiger partial charge in [-0.05, 0) is 6.92 Å². The Morgan fingerprint density at radius 3 is 2.44 bits per heavy atom. The number of ether oxygens (including phenoxy) is 1. The summed E-state index contributed by atoms with van der Waals surface area (Å²) in [5, 5.41) is 0. The van der Waals surface area contributed by atoms with E-state index in [2.05, 4.69) is 11.1 Å². The molecule has 0 saturated heterocycles. The quantitative estimate of drug-likeness (QED) is 0.209. The van der Waals surface area contributed by atoms with Crippen LogP contribution >= 0.6 is 7.82 Å². The lowest BCUT2D eigenvalue weighted by Gasteiger charge is -2.31. The standard InChI is InChI=1S/C10H20NO6P/c1-6-9(12)16-10(8-11(3,4)5)17-18(13,14)15-7-2/h6,10H,1,7-8H2,2-5H3. The van der Waals surface area contributed by atoms with E-state index in [-0.39, 0.29) is 13.2 Å². The fraction of sp³-hybridized carbons (Fsp3) is 0.700. The van der Waals surface area contributed by atoms with E-state index in [1.807, 2.05) is 0 Å². The number of likely N-dealkylation sites (N-methyl/N-ethyl adjacent to an activating group) is 1. The molecule has 0 fully saturated rings. The molecule has 2 atom stereocenters. The van der Waals surface area contributed by atoms with Crippen molar-refractivity contribution in [3.8, 4) is 0 Å². The fourth-order valence-electron chi connectivity index (χ4n) is 1.05. The van der Waals surface area contributed by atoms with Crippen LogP contribution in [-0.2, 0) is 23.1 Å². The lowest BCUT2D eigenvalue weighted by Crippen LogP contribution is -2.44. The van der Waals surface area contributed by atoms with Gasteiger partial charge in [0.15, 0.2) is 0 Å². The molecule has 0 aliphatic rings. The Morgan fingerprint density at radius 1 is 1.50 bits per heavy atom. The van der Waals surface area contributed by atoms with Gasteiger partial charge in [-0.25, -0.2) is 4.79 Å². The Hall–Kier alpha value is -0.720.